The second-order valence-corrected chi connectivity index (χ2v) is 7.87. The van der Waals surface area contributed by atoms with Crippen LogP contribution in [0, 0.1) is 0 Å². The fourth-order valence-electron chi connectivity index (χ4n) is 3.75. The first-order chi connectivity index (χ1) is 14.4. The quantitative estimate of drug-likeness (QED) is 0.629. The average Bonchev–Trinajstić information content (AvgIpc) is 3.21. The van der Waals surface area contributed by atoms with Gasteiger partial charge in [0.2, 0.25) is 0 Å². The molecule has 174 valence electrons. The Labute approximate surface area is 176 Å². The van der Waals surface area contributed by atoms with E-state index in [1.54, 1.807) is 0 Å². The Bertz CT molecular complexity index is 769. The Kier molecular flexibility index (Phi) is 6.92. The van der Waals surface area contributed by atoms with Crippen LogP contribution < -0.4 is 4.90 Å². The molecule has 0 radical (unpaired) electrons. The van der Waals surface area contributed by atoms with E-state index in [0.29, 0.717) is 38.4 Å². The van der Waals surface area contributed by atoms with Crippen LogP contribution in [-0.4, -0.2) is 67.4 Å². The fraction of sp³-hybridized carbons (Fsp3) is 0.650. The van der Waals surface area contributed by atoms with E-state index in [1.807, 2.05) is 9.80 Å². The smallest absolute Gasteiger partial charge is 0.425 e. The molecule has 0 bridgehead atoms. The summed E-state index contributed by atoms with van der Waals surface area (Å²) in [5, 5.41) is 0. The van der Waals surface area contributed by atoms with E-state index in [9.17, 15) is 31.1 Å². The third-order valence-electron chi connectivity index (χ3n) is 5.62. The first-order valence-electron chi connectivity index (χ1n) is 10.1. The molecule has 0 spiro atoms. The lowest BCUT2D eigenvalue weighted by Gasteiger charge is -2.35. The van der Waals surface area contributed by atoms with Crippen LogP contribution in [-0.2, 0) is 17.5 Å². The Morgan fingerprint density at radius 1 is 1.00 bits per heavy atom. The highest BCUT2D eigenvalue weighted by Crippen LogP contribution is 2.35. The number of carbonyl (C=O) groups excluding carboxylic acids is 1. The van der Waals surface area contributed by atoms with Crippen molar-refractivity contribution in [3.63, 3.8) is 0 Å². The lowest BCUT2D eigenvalue weighted by molar-refractivity contribution is -0.200. The minimum atomic E-state index is -4.62. The highest BCUT2D eigenvalue weighted by atomic mass is 19.4. The molecular weight excluding hydrogens is 428 g/mol. The van der Waals surface area contributed by atoms with Gasteiger partial charge in [0.1, 0.15) is 0 Å². The summed E-state index contributed by atoms with van der Waals surface area (Å²) >= 11 is 0. The summed E-state index contributed by atoms with van der Waals surface area (Å²) < 4.78 is 81.7. The lowest BCUT2D eigenvalue weighted by Crippen LogP contribution is -2.49. The van der Waals surface area contributed by atoms with E-state index in [1.165, 1.54) is 17.0 Å². The molecule has 1 unspecified atom stereocenters. The number of halogens is 6. The third-order valence-corrected chi connectivity index (χ3v) is 5.62. The van der Waals surface area contributed by atoms with Crippen molar-refractivity contribution in [1.82, 2.24) is 9.80 Å². The van der Waals surface area contributed by atoms with Crippen LogP contribution in [0.4, 0.5) is 36.8 Å². The number of nitrogens with zero attached hydrogens (tertiary/aromatic N) is 3. The van der Waals surface area contributed by atoms with Gasteiger partial charge in [0.15, 0.2) is 6.10 Å². The van der Waals surface area contributed by atoms with Gasteiger partial charge in [-0.15, -0.1) is 0 Å². The predicted octanol–water partition coefficient (Wildman–Crippen LogP) is 4.51. The zero-order valence-electron chi connectivity index (χ0n) is 17.1. The molecule has 11 heteroatoms. The number of rotatable bonds is 4. The second kappa shape index (κ2) is 9.13. The van der Waals surface area contributed by atoms with Crippen LogP contribution in [0.2, 0.25) is 0 Å². The van der Waals surface area contributed by atoms with Gasteiger partial charge in [0.05, 0.1) is 5.56 Å². The minimum Gasteiger partial charge on any atom is -0.437 e. The summed E-state index contributed by atoms with van der Waals surface area (Å²) in [6, 6.07) is 3.75. The van der Waals surface area contributed by atoms with Crippen LogP contribution in [0.5, 0.6) is 0 Å². The average molecular weight is 453 g/mol. The first kappa shape index (κ1) is 23.5. The molecule has 1 atom stereocenters. The molecular formula is C20H25F6N3O2. The van der Waals surface area contributed by atoms with Crippen molar-refractivity contribution in [3.05, 3.63) is 29.3 Å². The summed E-state index contributed by atoms with van der Waals surface area (Å²) in [7, 11) is 0. The van der Waals surface area contributed by atoms with Gasteiger partial charge in [-0.2, -0.15) is 26.3 Å². The molecule has 2 heterocycles. The van der Waals surface area contributed by atoms with E-state index in [-0.39, 0.29) is 13.1 Å². The van der Waals surface area contributed by atoms with E-state index in [0.717, 1.165) is 31.4 Å². The van der Waals surface area contributed by atoms with Crippen molar-refractivity contribution in [1.29, 1.82) is 0 Å². The van der Waals surface area contributed by atoms with Crippen molar-refractivity contribution in [2.75, 3.05) is 44.2 Å². The summed E-state index contributed by atoms with van der Waals surface area (Å²) in [4.78, 5) is 17.1. The zero-order chi connectivity index (χ0) is 22.8. The van der Waals surface area contributed by atoms with Gasteiger partial charge in [-0.1, -0.05) is 6.07 Å². The number of benzene rings is 1. The Balaban J connectivity index is 1.63. The SMILES string of the molecule is CC(OC(=O)N1CCN(Cc2ccc(C(F)(F)F)cc2N2CCCC2)CC1)C(F)(F)F. The number of hydrogen-bond acceptors (Lipinski definition) is 4. The Morgan fingerprint density at radius 2 is 1.61 bits per heavy atom. The molecule has 1 aromatic rings. The zero-order valence-corrected chi connectivity index (χ0v) is 17.1. The fourth-order valence-corrected chi connectivity index (χ4v) is 3.75. The summed E-state index contributed by atoms with van der Waals surface area (Å²) in [5.74, 6) is 0. The summed E-state index contributed by atoms with van der Waals surface area (Å²) in [5.41, 5.74) is 0.634. The number of anilines is 1. The van der Waals surface area contributed by atoms with Gasteiger partial charge in [0, 0.05) is 51.5 Å². The highest BCUT2D eigenvalue weighted by Gasteiger charge is 2.40. The second-order valence-electron chi connectivity index (χ2n) is 7.87. The number of hydrogen-bond donors (Lipinski definition) is 0. The molecule has 2 aliphatic rings. The molecule has 2 saturated heterocycles. The van der Waals surface area contributed by atoms with Crippen LogP contribution in [0.1, 0.15) is 30.9 Å². The molecule has 31 heavy (non-hydrogen) atoms. The topological polar surface area (TPSA) is 36.0 Å². The number of piperazine rings is 1. The van der Waals surface area contributed by atoms with E-state index >= 15 is 0 Å². The van der Waals surface area contributed by atoms with Crippen LogP contribution in [0.15, 0.2) is 18.2 Å². The van der Waals surface area contributed by atoms with Gasteiger partial charge >= 0.3 is 18.4 Å². The number of carbonyl (C=O) groups is 1. The van der Waals surface area contributed by atoms with Crippen molar-refractivity contribution >= 4 is 11.8 Å². The Hall–Kier alpha value is -2.17. The molecule has 2 fully saturated rings. The monoisotopic (exact) mass is 453 g/mol. The minimum absolute atomic E-state index is 0.184. The van der Waals surface area contributed by atoms with Crippen LogP contribution in [0.3, 0.4) is 0 Å². The first-order valence-corrected chi connectivity index (χ1v) is 10.1. The molecule has 2 aliphatic heterocycles. The van der Waals surface area contributed by atoms with Crippen LogP contribution in [0.25, 0.3) is 0 Å². The molecule has 1 aromatic carbocycles. The molecule has 1 amide bonds. The molecule has 0 saturated carbocycles. The largest absolute Gasteiger partial charge is 0.437 e. The standard InChI is InChI=1S/C20H25F6N3O2/c1-14(19(21,22)23)31-18(30)29-10-8-27(9-11-29)13-15-4-5-16(20(24,25)26)12-17(15)28-6-2-3-7-28/h4-5,12,14H,2-3,6-11,13H2,1H3. The molecule has 0 aromatic heterocycles. The van der Waals surface area contributed by atoms with Crippen molar-refractivity contribution in [2.24, 2.45) is 0 Å². The van der Waals surface area contributed by atoms with Crippen molar-refractivity contribution < 1.29 is 35.9 Å². The molecule has 3 rings (SSSR count). The van der Waals surface area contributed by atoms with E-state index < -0.39 is 30.1 Å². The maximum absolute atomic E-state index is 13.2. The third kappa shape index (κ3) is 5.96. The lowest BCUT2D eigenvalue weighted by atomic mass is 10.1. The van der Waals surface area contributed by atoms with Gasteiger partial charge in [-0.05, 0) is 37.5 Å². The van der Waals surface area contributed by atoms with Crippen molar-refractivity contribution in [2.45, 2.75) is 44.8 Å². The summed E-state index contributed by atoms with van der Waals surface area (Å²) in [6.07, 6.45) is -10.4. The maximum Gasteiger partial charge on any atom is 0.425 e. The molecule has 0 N–H and O–H groups in total. The van der Waals surface area contributed by atoms with Gasteiger partial charge < -0.3 is 14.5 Å². The molecule has 5 nitrogen and oxygen atoms in total. The normalized spacial score (nSPS) is 19.6. The maximum atomic E-state index is 13.2. The summed E-state index contributed by atoms with van der Waals surface area (Å²) in [6.45, 7) is 3.71. The number of ether oxygens (including phenoxy) is 1. The number of alkyl halides is 6. The number of amides is 1. The van der Waals surface area contributed by atoms with Gasteiger partial charge in [0.25, 0.3) is 0 Å². The van der Waals surface area contributed by atoms with Gasteiger partial charge in [-0.25, -0.2) is 4.79 Å². The van der Waals surface area contributed by atoms with Gasteiger partial charge in [-0.3, -0.25) is 4.90 Å². The Morgan fingerprint density at radius 3 is 2.16 bits per heavy atom. The highest BCUT2D eigenvalue weighted by molar-refractivity contribution is 5.68. The van der Waals surface area contributed by atoms with Crippen LogP contribution >= 0.6 is 0 Å². The van der Waals surface area contributed by atoms with Crippen molar-refractivity contribution in [3.8, 4) is 0 Å². The van der Waals surface area contributed by atoms with E-state index in [4.69, 9.17) is 0 Å². The molecule has 0 aliphatic carbocycles. The van der Waals surface area contributed by atoms with E-state index in [2.05, 4.69) is 4.74 Å². The predicted molar refractivity (Wildman–Crippen MR) is 102 cm³/mol.